The standard InChI is InChI=1S/C17H20N4O3/c1-11-19-16(20-24-11)14-3-2-8-21(14)17(22)13-6-7-15(18-9-13)23-10-12-4-5-12/h6-7,9,12,14H,2-5,8,10H2,1H3/t14-/m1/s1. The number of hydrogen-bond acceptors (Lipinski definition) is 6. The summed E-state index contributed by atoms with van der Waals surface area (Å²) >= 11 is 0. The fourth-order valence-corrected chi connectivity index (χ4v) is 2.97. The average molecular weight is 328 g/mol. The van der Waals surface area contributed by atoms with Crippen LogP contribution in [0.3, 0.4) is 0 Å². The Balaban J connectivity index is 1.45. The number of likely N-dealkylation sites (tertiary alicyclic amines) is 1. The van der Waals surface area contributed by atoms with Gasteiger partial charge in [-0.3, -0.25) is 4.79 Å². The van der Waals surface area contributed by atoms with Crippen LogP contribution in [0.15, 0.2) is 22.9 Å². The maximum absolute atomic E-state index is 12.8. The molecule has 0 bridgehead atoms. The Kier molecular flexibility index (Phi) is 3.92. The lowest BCUT2D eigenvalue weighted by Crippen LogP contribution is -2.31. The number of aromatic nitrogens is 3. The van der Waals surface area contributed by atoms with E-state index in [1.54, 1.807) is 30.2 Å². The zero-order chi connectivity index (χ0) is 16.5. The SMILES string of the molecule is Cc1nc([C@H]2CCCN2C(=O)c2ccc(OCC3CC3)nc2)no1. The zero-order valence-corrected chi connectivity index (χ0v) is 13.6. The zero-order valence-electron chi connectivity index (χ0n) is 13.6. The molecule has 1 saturated heterocycles. The minimum atomic E-state index is -0.124. The molecule has 1 aliphatic heterocycles. The number of carbonyl (C=O) groups is 1. The Morgan fingerprint density at radius 3 is 2.92 bits per heavy atom. The number of ether oxygens (including phenoxy) is 1. The van der Waals surface area contributed by atoms with Gasteiger partial charge in [-0.05, 0) is 37.7 Å². The van der Waals surface area contributed by atoms with Crippen molar-refractivity contribution in [3.63, 3.8) is 0 Å². The van der Waals surface area contributed by atoms with E-state index < -0.39 is 0 Å². The van der Waals surface area contributed by atoms with Gasteiger partial charge < -0.3 is 14.2 Å². The van der Waals surface area contributed by atoms with Gasteiger partial charge in [0.15, 0.2) is 5.82 Å². The number of amides is 1. The topological polar surface area (TPSA) is 81.4 Å². The molecule has 0 aromatic carbocycles. The van der Waals surface area contributed by atoms with Gasteiger partial charge in [-0.2, -0.15) is 4.98 Å². The second kappa shape index (κ2) is 6.22. The molecule has 1 atom stereocenters. The lowest BCUT2D eigenvalue weighted by atomic mass is 10.2. The minimum absolute atomic E-state index is 0.0544. The van der Waals surface area contributed by atoms with Crippen molar-refractivity contribution in [1.82, 2.24) is 20.0 Å². The maximum Gasteiger partial charge on any atom is 0.256 e. The molecule has 7 heteroatoms. The van der Waals surface area contributed by atoms with Crippen LogP contribution in [-0.2, 0) is 0 Å². The third-order valence-corrected chi connectivity index (χ3v) is 4.50. The molecule has 0 N–H and O–H groups in total. The van der Waals surface area contributed by atoms with Crippen molar-refractivity contribution in [2.24, 2.45) is 5.92 Å². The van der Waals surface area contributed by atoms with Gasteiger partial charge in [0.2, 0.25) is 11.8 Å². The molecule has 2 fully saturated rings. The van der Waals surface area contributed by atoms with Crippen molar-refractivity contribution in [3.05, 3.63) is 35.6 Å². The second-order valence-corrected chi connectivity index (χ2v) is 6.47. The first kappa shape index (κ1) is 15.1. The van der Waals surface area contributed by atoms with E-state index in [0.717, 1.165) is 12.8 Å². The molecule has 126 valence electrons. The van der Waals surface area contributed by atoms with Crippen LogP contribution >= 0.6 is 0 Å². The summed E-state index contributed by atoms with van der Waals surface area (Å²) in [5, 5.41) is 3.97. The van der Waals surface area contributed by atoms with Gasteiger partial charge in [-0.1, -0.05) is 5.16 Å². The van der Waals surface area contributed by atoms with Crippen LogP contribution in [0, 0.1) is 12.8 Å². The Bertz CT molecular complexity index is 724. The van der Waals surface area contributed by atoms with Crippen LogP contribution in [-0.4, -0.2) is 39.1 Å². The highest BCUT2D eigenvalue weighted by Gasteiger charge is 2.33. The molecule has 0 spiro atoms. The molecule has 7 nitrogen and oxygen atoms in total. The van der Waals surface area contributed by atoms with Crippen molar-refractivity contribution in [2.75, 3.05) is 13.2 Å². The van der Waals surface area contributed by atoms with E-state index in [9.17, 15) is 4.79 Å². The Morgan fingerprint density at radius 1 is 1.38 bits per heavy atom. The van der Waals surface area contributed by atoms with Crippen LogP contribution < -0.4 is 4.74 Å². The summed E-state index contributed by atoms with van der Waals surface area (Å²) in [6, 6.07) is 3.41. The highest BCUT2D eigenvalue weighted by molar-refractivity contribution is 5.94. The predicted molar refractivity (Wildman–Crippen MR) is 84.5 cm³/mol. The molecule has 24 heavy (non-hydrogen) atoms. The maximum atomic E-state index is 12.8. The summed E-state index contributed by atoms with van der Waals surface area (Å²) in [4.78, 5) is 23.1. The van der Waals surface area contributed by atoms with Crippen LogP contribution in [0.1, 0.15) is 53.8 Å². The Morgan fingerprint density at radius 2 is 2.25 bits per heavy atom. The largest absolute Gasteiger partial charge is 0.477 e. The summed E-state index contributed by atoms with van der Waals surface area (Å²) in [6.45, 7) is 3.16. The molecule has 2 aromatic rings. The van der Waals surface area contributed by atoms with Crippen LogP contribution in [0.25, 0.3) is 0 Å². The summed E-state index contributed by atoms with van der Waals surface area (Å²) in [6.07, 6.45) is 5.84. The van der Waals surface area contributed by atoms with Crippen LogP contribution in [0.5, 0.6) is 5.88 Å². The third-order valence-electron chi connectivity index (χ3n) is 4.50. The minimum Gasteiger partial charge on any atom is -0.477 e. The number of aryl methyl sites for hydroxylation is 1. The van der Waals surface area contributed by atoms with Crippen LogP contribution in [0.4, 0.5) is 0 Å². The molecule has 2 aromatic heterocycles. The normalized spacial score (nSPS) is 20.4. The summed E-state index contributed by atoms with van der Waals surface area (Å²) in [5.74, 6) is 2.29. The monoisotopic (exact) mass is 328 g/mol. The molecule has 4 rings (SSSR count). The van der Waals surface area contributed by atoms with Crippen molar-refractivity contribution in [3.8, 4) is 5.88 Å². The molecule has 2 aliphatic rings. The first-order chi connectivity index (χ1) is 11.7. The Hall–Kier alpha value is -2.44. The van der Waals surface area contributed by atoms with Crippen molar-refractivity contribution < 1.29 is 14.1 Å². The molecule has 1 saturated carbocycles. The van der Waals surface area contributed by atoms with Gasteiger partial charge in [0.1, 0.15) is 0 Å². The van der Waals surface area contributed by atoms with E-state index in [-0.39, 0.29) is 11.9 Å². The van der Waals surface area contributed by atoms with Gasteiger partial charge in [0.05, 0.1) is 18.2 Å². The summed E-state index contributed by atoms with van der Waals surface area (Å²) in [7, 11) is 0. The van der Waals surface area contributed by atoms with Gasteiger partial charge in [0.25, 0.3) is 5.91 Å². The van der Waals surface area contributed by atoms with Crippen molar-refractivity contribution in [1.29, 1.82) is 0 Å². The fraction of sp³-hybridized carbons (Fsp3) is 0.529. The fourth-order valence-electron chi connectivity index (χ4n) is 2.97. The molecule has 0 unspecified atom stereocenters. The van der Waals surface area contributed by atoms with E-state index in [1.165, 1.54) is 12.8 Å². The second-order valence-electron chi connectivity index (χ2n) is 6.47. The molecular weight excluding hydrogens is 308 g/mol. The molecular formula is C17H20N4O3. The van der Waals surface area contributed by atoms with Crippen molar-refractivity contribution >= 4 is 5.91 Å². The van der Waals surface area contributed by atoms with Gasteiger partial charge in [-0.15, -0.1) is 0 Å². The third kappa shape index (κ3) is 3.11. The smallest absolute Gasteiger partial charge is 0.256 e. The van der Waals surface area contributed by atoms with E-state index in [2.05, 4.69) is 15.1 Å². The average Bonchev–Trinajstić information content (AvgIpc) is 3.12. The quantitative estimate of drug-likeness (QED) is 0.839. The summed E-state index contributed by atoms with van der Waals surface area (Å²) < 4.78 is 10.7. The lowest BCUT2D eigenvalue weighted by Gasteiger charge is -2.22. The van der Waals surface area contributed by atoms with Gasteiger partial charge >= 0.3 is 0 Å². The molecule has 1 amide bonds. The molecule has 0 radical (unpaired) electrons. The van der Waals surface area contributed by atoms with E-state index >= 15 is 0 Å². The first-order valence-corrected chi connectivity index (χ1v) is 8.41. The first-order valence-electron chi connectivity index (χ1n) is 8.41. The van der Waals surface area contributed by atoms with Gasteiger partial charge in [0, 0.05) is 25.7 Å². The number of rotatable bonds is 5. The molecule has 1 aliphatic carbocycles. The number of pyridine rings is 1. The number of carbonyl (C=O) groups excluding carboxylic acids is 1. The molecule has 3 heterocycles. The highest BCUT2D eigenvalue weighted by atomic mass is 16.5. The summed E-state index contributed by atoms with van der Waals surface area (Å²) in [5.41, 5.74) is 0.556. The van der Waals surface area contributed by atoms with E-state index in [1.807, 2.05) is 0 Å². The van der Waals surface area contributed by atoms with Crippen molar-refractivity contribution in [2.45, 2.75) is 38.6 Å². The Labute approximate surface area is 140 Å². The van der Waals surface area contributed by atoms with E-state index in [0.29, 0.717) is 42.2 Å². The predicted octanol–water partition coefficient (Wildman–Crippen LogP) is 2.54. The van der Waals surface area contributed by atoms with E-state index in [4.69, 9.17) is 9.26 Å². The van der Waals surface area contributed by atoms with Gasteiger partial charge in [-0.25, -0.2) is 4.98 Å². The number of nitrogens with zero attached hydrogens (tertiary/aromatic N) is 4. The van der Waals surface area contributed by atoms with Crippen LogP contribution in [0.2, 0.25) is 0 Å². The highest BCUT2D eigenvalue weighted by Crippen LogP contribution is 2.32. The lowest BCUT2D eigenvalue weighted by molar-refractivity contribution is 0.0728. The number of hydrogen-bond donors (Lipinski definition) is 0.